The Morgan fingerprint density at radius 3 is 2.82 bits per heavy atom. The number of aryl methyl sites for hydroxylation is 2. The van der Waals surface area contributed by atoms with E-state index in [2.05, 4.69) is 17.4 Å². The second kappa shape index (κ2) is 7.72. The van der Waals surface area contributed by atoms with Crippen molar-refractivity contribution in [2.24, 2.45) is 0 Å². The Hall–Kier alpha value is -2.73. The van der Waals surface area contributed by atoms with Crippen LogP contribution in [0.5, 0.6) is 5.75 Å². The number of anilines is 1. The lowest BCUT2D eigenvalue weighted by Crippen LogP contribution is -2.15. The van der Waals surface area contributed by atoms with E-state index in [-0.39, 0.29) is 11.2 Å². The monoisotopic (exact) mass is 393 g/mol. The minimum absolute atomic E-state index is 0.0172. The van der Waals surface area contributed by atoms with E-state index in [1.165, 1.54) is 0 Å². The second-order valence-corrected chi connectivity index (χ2v) is 7.90. The van der Waals surface area contributed by atoms with Crippen molar-refractivity contribution in [2.75, 3.05) is 17.7 Å². The summed E-state index contributed by atoms with van der Waals surface area (Å²) in [6, 6.07) is 16.2. The van der Waals surface area contributed by atoms with Crippen LogP contribution in [0.4, 0.5) is 5.82 Å². The van der Waals surface area contributed by atoms with Crippen molar-refractivity contribution in [3.63, 3.8) is 0 Å². The summed E-state index contributed by atoms with van der Waals surface area (Å²) < 4.78 is 7.72. The van der Waals surface area contributed by atoms with E-state index in [4.69, 9.17) is 9.84 Å². The molecule has 0 bridgehead atoms. The zero-order valence-electron chi connectivity index (χ0n) is 16.2. The first kappa shape index (κ1) is 18.6. The fraction of sp³-hybridized carbons (Fsp3) is 0.273. The Labute approximate surface area is 169 Å². The Kier molecular flexibility index (Phi) is 5.13. The van der Waals surface area contributed by atoms with Crippen molar-refractivity contribution < 1.29 is 9.53 Å². The number of nitrogens with zero attached hydrogens (tertiary/aromatic N) is 2. The van der Waals surface area contributed by atoms with Gasteiger partial charge in [-0.05, 0) is 44.5 Å². The molecule has 6 heteroatoms. The molecule has 1 aromatic heterocycles. The van der Waals surface area contributed by atoms with E-state index in [1.54, 1.807) is 11.8 Å². The molecule has 1 amide bonds. The molecule has 2 heterocycles. The molecule has 28 heavy (non-hydrogen) atoms. The van der Waals surface area contributed by atoms with Gasteiger partial charge in [-0.3, -0.25) is 4.79 Å². The highest BCUT2D eigenvalue weighted by molar-refractivity contribution is 8.00. The summed E-state index contributed by atoms with van der Waals surface area (Å²) in [7, 11) is 0. The summed E-state index contributed by atoms with van der Waals surface area (Å²) in [5, 5.41) is 7.83. The smallest absolute Gasteiger partial charge is 0.235 e. The number of carbonyl (C=O) groups excluding carboxylic acids is 1. The van der Waals surface area contributed by atoms with E-state index < -0.39 is 0 Å². The standard InChI is InChI=1S/C22H23N3O2S/c1-4-27-18-11-6-5-10-17(18)21-20-15(3)24-25(16-9-7-8-14(2)12-16)22(20)23-19(26)13-28-21/h5-12,21H,4,13H2,1-3H3,(H,23,26)/t21-/m1/s1. The molecule has 1 N–H and O–H groups in total. The average molecular weight is 394 g/mol. The van der Waals surface area contributed by atoms with Gasteiger partial charge in [-0.15, -0.1) is 11.8 Å². The predicted molar refractivity (Wildman–Crippen MR) is 114 cm³/mol. The van der Waals surface area contributed by atoms with E-state index in [0.717, 1.165) is 39.6 Å². The molecule has 0 spiro atoms. The van der Waals surface area contributed by atoms with Gasteiger partial charge < -0.3 is 10.1 Å². The molecule has 5 nitrogen and oxygen atoms in total. The normalized spacial score (nSPS) is 16.2. The topological polar surface area (TPSA) is 56.1 Å². The summed E-state index contributed by atoms with van der Waals surface area (Å²) in [6.07, 6.45) is 0. The number of para-hydroxylation sites is 1. The molecule has 144 valence electrons. The number of nitrogens with one attached hydrogen (secondary N) is 1. The molecular weight excluding hydrogens is 370 g/mol. The summed E-state index contributed by atoms with van der Waals surface area (Å²) in [5.74, 6) is 1.96. The molecule has 0 radical (unpaired) electrons. The Balaban J connectivity index is 1.90. The third kappa shape index (κ3) is 3.40. The molecule has 0 unspecified atom stereocenters. The van der Waals surface area contributed by atoms with Crippen molar-refractivity contribution in [1.82, 2.24) is 9.78 Å². The van der Waals surface area contributed by atoms with Crippen LogP contribution in [-0.4, -0.2) is 28.0 Å². The highest BCUT2D eigenvalue weighted by Crippen LogP contribution is 2.46. The number of hydrogen-bond acceptors (Lipinski definition) is 4. The van der Waals surface area contributed by atoms with Crippen LogP contribution in [0.15, 0.2) is 48.5 Å². The van der Waals surface area contributed by atoms with Crippen LogP contribution < -0.4 is 10.1 Å². The van der Waals surface area contributed by atoms with Gasteiger partial charge in [-0.2, -0.15) is 5.10 Å². The van der Waals surface area contributed by atoms with Crippen LogP contribution in [0, 0.1) is 13.8 Å². The highest BCUT2D eigenvalue weighted by Gasteiger charge is 2.32. The predicted octanol–water partition coefficient (Wildman–Crippen LogP) is 4.66. The molecule has 4 rings (SSSR count). The number of thioether (sulfide) groups is 1. The van der Waals surface area contributed by atoms with Gasteiger partial charge >= 0.3 is 0 Å². The molecule has 1 aliphatic heterocycles. The van der Waals surface area contributed by atoms with Crippen molar-refractivity contribution in [1.29, 1.82) is 0 Å². The SMILES string of the molecule is CCOc1ccccc1[C@H]1SCC(=O)Nc2c1c(C)nn2-c1cccc(C)c1. The third-order valence-corrected chi connectivity index (χ3v) is 6.01. The second-order valence-electron chi connectivity index (χ2n) is 6.81. The molecule has 2 aromatic carbocycles. The molecule has 3 aromatic rings. The average Bonchev–Trinajstić information content (AvgIpc) is 2.89. The van der Waals surface area contributed by atoms with Crippen molar-refractivity contribution in [3.8, 4) is 11.4 Å². The summed E-state index contributed by atoms with van der Waals surface area (Å²) >= 11 is 1.61. The van der Waals surface area contributed by atoms with Crippen LogP contribution in [0.1, 0.15) is 34.6 Å². The number of aromatic nitrogens is 2. The quantitative estimate of drug-likeness (QED) is 0.700. The maximum atomic E-state index is 12.5. The van der Waals surface area contributed by atoms with Crippen molar-refractivity contribution in [3.05, 3.63) is 70.9 Å². The van der Waals surface area contributed by atoms with Gasteiger partial charge in [0.15, 0.2) is 0 Å². The van der Waals surface area contributed by atoms with Gasteiger partial charge in [0.25, 0.3) is 0 Å². The van der Waals surface area contributed by atoms with E-state index in [0.29, 0.717) is 12.4 Å². The zero-order chi connectivity index (χ0) is 19.7. The maximum Gasteiger partial charge on any atom is 0.235 e. The lowest BCUT2D eigenvalue weighted by atomic mass is 10.0. The largest absolute Gasteiger partial charge is 0.494 e. The van der Waals surface area contributed by atoms with E-state index in [1.807, 2.05) is 61.9 Å². The van der Waals surface area contributed by atoms with Crippen molar-refractivity contribution in [2.45, 2.75) is 26.0 Å². The molecule has 1 atom stereocenters. The first-order chi connectivity index (χ1) is 13.6. The number of amides is 1. The Bertz CT molecular complexity index is 1030. The fourth-order valence-corrected chi connectivity index (χ4v) is 4.77. The zero-order valence-corrected chi connectivity index (χ0v) is 17.0. The van der Waals surface area contributed by atoms with Crippen molar-refractivity contribution >= 4 is 23.5 Å². The number of rotatable bonds is 4. The Morgan fingerprint density at radius 2 is 2.04 bits per heavy atom. The minimum Gasteiger partial charge on any atom is -0.494 e. The molecule has 0 fully saturated rings. The van der Waals surface area contributed by atoms with Crippen LogP contribution in [0.3, 0.4) is 0 Å². The summed E-state index contributed by atoms with van der Waals surface area (Å²) in [5.41, 5.74) is 5.09. The minimum atomic E-state index is -0.0322. The number of fused-ring (bicyclic) bond motifs is 1. The van der Waals surface area contributed by atoms with E-state index in [9.17, 15) is 4.79 Å². The van der Waals surface area contributed by atoms with Gasteiger partial charge in [0.05, 0.1) is 29.0 Å². The number of benzene rings is 2. The Morgan fingerprint density at radius 1 is 1.21 bits per heavy atom. The number of hydrogen-bond donors (Lipinski definition) is 1. The van der Waals surface area contributed by atoms with Gasteiger partial charge in [-0.25, -0.2) is 4.68 Å². The first-order valence-corrected chi connectivity index (χ1v) is 10.4. The molecule has 0 saturated heterocycles. The number of ether oxygens (including phenoxy) is 1. The van der Waals surface area contributed by atoms with Gasteiger partial charge in [0.2, 0.25) is 5.91 Å². The summed E-state index contributed by atoms with van der Waals surface area (Å²) in [6.45, 7) is 6.63. The molecule has 0 aliphatic carbocycles. The van der Waals surface area contributed by atoms with Crippen LogP contribution in [0.2, 0.25) is 0 Å². The molecule has 0 saturated carbocycles. The third-order valence-electron chi connectivity index (χ3n) is 4.76. The highest BCUT2D eigenvalue weighted by atomic mass is 32.2. The lowest BCUT2D eigenvalue weighted by molar-refractivity contribution is -0.113. The van der Waals surface area contributed by atoms with Crippen LogP contribution in [0.25, 0.3) is 5.69 Å². The van der Waals surface area contributed by atoms with Gasteiger partial charge in [0, 0.05) is 11.1 Å². The lowest BCUT2D eigenvalue weighted by Gasteiger charge is -2.19. The molecular formula is C22H23N3O2S. The first-order valence-electron chi connectivity index (χ1n) is 9.38. The fourth-order valence-electron chi connectivity index (χ4n) is 3.56. The number of carbonyl (C=O) groups is 1. The molecule has 1 aliphatic rings. The van der Waals surface area contributed by atoms with Gasteiger partial charge in [0.1, 0.15) is 11.6 Å². The summed E-state index contributed by atoms with van der Waals surface area (Å²) in [4.78, 5) is 12.5. The van der Waals surface area contributed by atoms with Gasteiger partial charge in [-0.1, -0.05) is 30.3 Å². The van der Waals surface area contributed by atoms with Crippen LogP contribution in [-0.2, 0) is 4.79 Å². The van der Waals surface area contributed by atoms with Crippen LogP contribution >= 0.6 is 11.8 Å². The van der Waals surface area contributed by atoms with E-state index >= 15 is 0 Å². The maximum absolute atomic E-state index is 12.5.